The third-order valence-corrected chi connectivity index (χ3v) is 3.36. The van der Waals surface area contributed by atoms with E-state index in [1.807, 2.05) is 6.07 Å². The largest absolute Gasteiger partial charge is 0.314 e. The third-order valence-electron chi connectivity index (χ3n) is 3.36. The first-order chi connectivity index (χ1) is 8.41. The van der Waals surface area contributed by atoms with Crippen LogP contribution in [0.3, 0.4) is 0 Å². The van der Waals surface area contributed by atoms with Gasteiger partial charge in [0.1, 0.15) is 0 Å². The Morgan fingerprint density at radius 2 is 2.22 bits per heavy atom. The highest BCUT2D eigenvalue weighted by Crippen LogP contribution is 2.44. The second-order valence-electron chi connectivity index (χ2n) is 4.49. The Bertz CT molecular complexity index is 591. The Kier molecular flexibility index (Phi) is 2.55. The molecule has 0 saturated heterocycles. The van der Waals surface area contributed by atoms with Crippen LogP contribution in [0, 0.1) is 21.4 Å². The van der Waals surface area contributed by atoms with Gasteiger partial charge in [0, 0.05) is 24.9 Å². The SMILES string of the molecule is CN1C(=O)C(C)(CC#N)c2cc([N+](=O)[O-])ccc21. The van der Waals surface area contributed by atoms with E-state index in [9.17, 15) is 14.9 Å². The Morgan fingerprint density at radius 3 is 2.78 bits per heavy atom. The van der Waals surface area contributed by atoms with Crippen LogP contribution in [0.2, 0.25) is 0 Å². The third kappa shape index (κ3) is 1.44. The molecule has 6 nitrogen and oxygen atoms in total. The maximum Gasteiger partial charge on any atom is 0.269 e. The van der Waals surface area contributed by atoms with E-state index in [4.69, 9.17) is 5.26 Å². The maximum absolute atomic E-state index is 12.2. The Morgan fingerprint density at radius 1 is 1.56 bits per heavy atom. The van der Waals surface area contributed by atoms with Crippen LogP contribution in [0.4, 0.5) is 11.4 Å². The van der Waals surface area contributed by atoms with Gasteiger partial charge in [0.2, 0.25) is 5.91 Å². The van der Waals surface area contributed by atoms with Crippen molar-refractivity contribution in [1.82, 2.24) is 0 Å². The summed E-state index contributed by atoms with van der Waals surface area (Å²) in [5.41, 5.74) is 0.111. The molecule has 1 atom stereocenters. The maximum atomic E-state index is 12.2. The Hall–Kier alpha value is -2.42. The summed E-state index contributed by atoms with van der Waals surface area (Å²) in [5.74, 6) is -0.209. The lowest BCUT2D eigenvalue weighted by atomic mass is 9.81. The molecule has 0 aromatic heterocycles. The van der Waals surface area contributed by atoms with Crippen LogP contribution >= 0.6 is 0 Å². The highest BCUT2D eigenvalue weighted by molar-refractivity contribution is 6.07. The van der Waals surface area contributed by atoms with Crippen molar-refractivity contribution in [2.75, 3.05) is 11.9 Å². The van der Waals surface area contributed by atoms with Crippen molar-refractivity contribution in [2.24, 2.45) is 0 Å². The minimum atomic E-state index is -0.995. The second kappa shape index (κ2) is 3.81. The zero-order chi connectivity index (χ0) is 13.5. The average Bonchev–Trinajstić information content (AvgIpc) is 2.52. The topological polar surface area (TPSA) is 87.2 Å². The minimum absolute atomic E-state index is 0.00431. The van der Waals surface area contributed by atoms with Crippen LogP contribution in [0.15, 0.2) is 18.2 Å². The number of non-ortho nitro benzene ring substituents is 1. The summed E-state index contributed by atoms with van der Waals surface area (Å²) < 4.78 is 0. The number of amides is 1. The zero-order valence-corrected chi connectivity index (χ0v) is 10.0. The highest BCUT2D eigenvalue weighted by atomic mass is 16.6. The summed E-state index contributed by atoms with van der Waals surface area (Å²) in [7, 11) is 1.61. The number of hydrogen-bond donors (Lipinski definition) is 0. The van der Waals surface area contributed by atoms with E-state index in [2.05, 4.69) is 0 Å². The lowest BCUT2D eigenvalue weighted by Gasteiger charge is -2.19. The fourth-order valence-electron chi connectivity index (χ4n) is 2.30. The zero-order valence-electron chi connectivity index (χ0n) is 10.0. The molecule has 1 unspecified atom stereocenters. The molecule has 92 valence electrons. The number of anilines is 1. The van der Waals surface area contributed by atoms with Crippen molar-refractivity contribution in [2.45, 2.75) is 18.8 Å². The normalized spacial score (nSPS) is 21.6. The number of likely N-dealkylation sites (N-methyl/N-ethyl adjacent to an activating group) is 1. The van der Waals surface area contributed by atoms with Gasteiger partial charge in [0.05, 0.1) is 22.8 Å². The molecule has 0 spiro atoms. The fraction of sp³-hybridized carbons (Fsp3) is 0.333. The highest BCUT2D eigenvalue weighted by Gasteiger charge is 2.46. The number of nitrogens with zero attached hydrogens (tertiary/aromatic N) is 3. The van der Waals surface area contributed by atoms with Gasteiger partial charge in [0.25, 0.3) is 5.69 Å². The van der Waals surface area contributed by atoms with Crippen LogP contribution in [0.1, 0.15) is 18.9 Å². The number of nitro groups is 1. The first-order valence-corrected chi connectivity index (χ1v) is 5.36. The van der Waals surface area contributed by atoms with Crippen molar-refractivity contribution in [3.63, 3.8) is 0 Å². The number of nitro benzene ring substituents is 1. The summed E-state index contributed by atoms with van der Waals surface area (Å²) in [6.45, 7) is 1.64. The van der Waals surface area contributed by atoms with Crippen LogP contribution in [0.5, 0.6) is 0 Å². The van der Waals surface area contributed by atoms with Gasteiger partial charge >= 0.3 is 0 Å². The van der Waals surface area contributed by atoms with Gasteiger partial charge in [-0.3, -0.25) is 14.9 Å². The van der Waals surface area contributed by atoms with E-state index < -0.39 is 10.3 Å². The molecule has 1 aromatic carbocycles. The van der Waals surface area contributed by atoms with E-state index in [1.165, 1.54) is 17.0 Å². The summed E-state index contributed by atoms with van der Waals surface area (Å²) in [4.78, 5) is 23.9. The number of benzene rings is 1. The lowest BCUT2D eigenvalue weighted by Crippen LogP contribution is -2.35. The number of nitriles is 1. The van der Waals surface area contributed by atoms with Gasteiger partial charge < -0.3 is 4.90 Å². The van der Waals surface area contributed by atoms with Gasteiger partial charge in [0.15, 0.2) is 0 Å². The van der Waals surface area contributed by atoms with Crippen molar-refractivity contribution in [1.29, 1.82) is 5.26 Å². The monoisotopic (exact) mass is 245 g/mol. The summed E-state index contributed by atoms with van der Waals surface area (Å²) >= 11 is 0. The van der Waals surface area contributed by atoms with Crippen molar-refractivity contribution in [3.05, 3.63) is 33.9 Å². The summed E-state index contributed by atoms with van der Waals surface area (Å²) in [6.07, 6.45) is 0.00431. The molecule has 0 fully saturated rings. The minimum Gasteiger partial charge on any atom is -0.314 e. The van der Waals surface area contributed by atoms with Gasteiger partial charge in [-0.2, -0.15) is 5.26 Å². The lowest BCUT2D eigenvalue weighted by molar-refractivity contribution is -0.384. The molecule has 1 amide bonds. The van der Waals surface area contributed by atoms with E-state index in [-0.39, 0.29) is 18.0 Å². The molecular formula is C12H11N3O3. The first kappa shape index (κ1) is 12.0. The number of hydrogen-bond acceptors (Lipinski definition) is 4. The molecular weight excluding hydrogens is 234 g/mol. The quantitative estimate of drug-likeness (QED) is 0.586. The van der Waals surface area contributed by atoms with Crippen molar-refractivity contribution >= 4 is 17.3 Å². The smallest absolute Gasteiger partial charge is 0.269 e. The summed E-state index contributed by atoms with van der Waals surface area (Å²) in [6, 6.07) is 6.27. The standard InChI is InChI=1S/C12H11N3O3/c1-12(5-6-13)9-7-8(15(17)18)3-4-10(9)14(2)11(12)16/h3-4,7H,5H2,1-2H3. The van der Waals surface area contributed by atoms with E-state index in [0.29, 0.717) is 11.3 Å². The van der Waals surface area contributed by atoms with Gasteiger partial charge in [-0.1, -0.05) is 0 Å². The number of carbonyl (C=O) groups is 1. The van der Waals surface area contributed by atoms with Crippen LogP contribution in [-0.4, -0.2) is 17.9 Å². The van der Waals surface area contributed by atoms with Crippen LogP contribution < -0.4 is 4.90 Å². The molecule has 0 radical (unpaired) electrons. The van der Waals surface area contributed by atoms with Crippen molar-refractivity contribution < 1.29 is 9.72 Å². The van der Waals surface area contributed by atoms with Crippen LogP contribution in [-0.2, 0) is 10.2 Å². The van der Waals surface area contributed by atoms with Gasteiger partial charge in [-0.05, 0) is 18.6 Å². The van der Waals surface area contributed by atoms with Gasteiger partial charge in [-0.25, -0.2) is 0 Å². The molecule has 1 aliphatic heterocycles. The van der Waals surface area contributed by atoms with E-state index >= 15 is 0 Å². The van der Waals surface area contributed by atoms with Gasteiger partial charge in [-0.15, -0.1) is 0 Å². The molecule has 1 aliphatic rings. The first-order valence-electron chi connectivity index (χ1n) is 5.36. The fourth-order valence-corrected chi connectivity index (χ4v) is 2.30. The van der Waals surface area contributed by atoms with Crippen molar-refractivity contribution in [3.8, 4) is 6.07 Å². The Labute approximate surface area is 104 Å². The van der Waals surface area contributed by atoms with Crippen LogP contribution in [0.25, 0.3) is 0 Å². The number of fused-ring (bicyclic) bond motifs is 1. The molecule has 1 heterocycles. The van der Waals surface area contributed by atoms with E-state index in [1.54, 1.807) is 20.0 Å². The molecule has 0 saturated carbocycles. The molecule has 18 heavy (non-hydrogen) atoms. The summed E-state index contributed by atoms with van der Waals surface area (Å²) in [5, 5.41) is 19.6. The molecule has 0 aliphatic carbocycles. The number of rotatable bonds is 2. The molecule has 6 heteroatoms. The molecule has 2 rings (SSSR count). The molecule has 1 aromatic rings. The predicted octanol–water partition coefficient (Wildman–Crippen LogP) is 1.74. The molecule has 0 N–H and O–H groups in total. The number of carbonyl (C=O) groups excluding carboxylic acids is 1. The predicted molar refractivity (Wildman–Crippen MR) is 64.1 cm³/mol. The van der Waals surface area contributed by atoms with E-state index in [0.717, 1.165) is 0 Å². The Balaban J connectivity index is 2.65. The molecule has 0 bridgehead atoms. The second-order valence-corrected chi connectivity index (χ2v) is 4.49. The average molecular weight is 245 g/mol.